The van der Waals surface area contributed by atoms with Crippen LogP contribution in [-0.2, 0) is 4.74 Å². The number of halogens is 1. The van der Waals surface area contributed by atoms with Gasteiger partial charge in [-0.15, -0.1) is 5.10 Å². The molecule has 0 N–H and O–H groups in total. The molecule has 0 radical (unpaired) electrons. The lowest BCUT2D eigenvalue weighted by molar-refractivity contribution is 0.0601. The molecule has 25 heavy (non-hydrogen) atoms. The van der Waals surface area contributed by atoms with E-state index in [0.29, 0.717) is 0 Å². The van der Waals surface area contributed by atoms with Crippen molar-refractivity contribution >= 4 is 17.5 Å². The molecule has 0 spiro atoms. The molecule has 0 fully saturated rings. The summed E-state index contributed by atoms with van der Waals surface area (Å²) in [6.45, 7) is 0. The predicted molar refractivity (Wildman–Crippen MR) is 86.1 cm³/mol. The van der Waals surface area contributed by atoms with Crippen molar-refractivity contribution in [3.05, 3.63) is 60.6 Å². The van der Waals surface area contributed by atoms with E-state index in [4.69, 9.17) is 9.47 Å². The maximum Gasteiger partial charge on any atom is 0.340 e. The van der Waals surface area contributed by atoms with E-state index in [1.807, 2.05) is 0 Å². The summed E-state index contributed by atoms with van der Waals surface area (Å²) in [7, 11) is 2.56. The van der Waals surface area contributed by atoms with Gasteiger partial charge < -0.3 is 9.47 Å². The zero-order valence-corrected chi connectivity index (χ0v) is 13.5. The fourth-order valence-corrected chi connectivity index (χ4v) is 2.31. The summed E-state index contributed by atoms with van der Waals surface area (Å²) in [6, 6.07) is 6.03. The average Bonchev–Trinajstić information content (AvgIpc) is 3.17. The Morgan fingerprint density at radius 2 is 2.08 bits per heavy atom. The molecule has 0 aliphatic heterocycles. The van der Waals surface area contributed by atoms with E-state index in [2.05, 4.69) is 15.2 Å². The van der Waals surface area contributed by atoms with Crippen molar-refractivity contribution in [1.82, 2.24) is 19.9 Å². The standard InChI is InChI=1S/C16H14FN5O3/c1-24-12-6-5-11(16(23)25-2)15(14(12)17)22(21-9-8-18-10-21)13-4-3-7-19-20-13/h3-10H,1-2H3. The number of rotatable bonds is 5. The van der Waals surface area contributed by atoms with Crippen LogP contribution in [0.15, 0.2) is 49.2 Å². The summed E-state index contributed by atoms with van der Waals surface area (Å²) in [6.07, 6.45) is 6.02. The summed E-state index contributed by atoms with van der Waals surface area (Å²) in [5.41, 5.74) is -0.0927. The summed E-state index contributed by atoms with van der Waals surface area (Å²) < 4.78 is 26.4. The third-order valence-corrected chi connectivity index (χ3v) is 3.41. The molecular weight excluding hydrogens is 329 g/mol. The van der Waals surface area contributed by atoms with E-state index in [0.717, 1.165) is 0 Å². The number of carbonyl (C=O) groups is 1. The fraction of sp³-hybridized carbons (Fsp3) is 0.125. The minimum atomic E-state index is -0.746. The van der Waals surface area contributed by atoms with Crippen molar-refractivity contribution < 1.29 is 18.7 Å². The molecule has 1 aromatic carbocycles. The summed E-state index contributed by atoms with van der Waals surface area (Å²) >= 11 is 0. The van der Waals surface area contributed by atoms with Gasteiger partial charge in [-0.3, -0.25) is 0 Å². The molecular formula is C16H14FN5O3. The van der Waals surface area contributed by atoms with Gasteiger partial charge in [0, 0.05) is 18.6 Å². The molecule has 0 atom stereocenters. The van der Waals surface area contributed by atoms with Crippen LogP contribution in [0.1, 0.15) is 10.4 Å². The van der Waals surface area contributed by atoms with Crippen LogP contribution in [-0.4, -0.2) is 40.0 Å². The van der Waals surface area contributed by atoms with Gasteiger partial charge >= 0.3 is 5.97 Å². The zero-order valence-electron chi connectivity index (χ0n) is 13.5. The molecule has 0 aliphatic carbocycles. The minimum Gasteiger partial charge on any atom is -0.494 e. The normalized spacial score (nSPS) is 10.4. The van der Waals surface area contributed by atoms with Crippen molar-refractivity contribution in [3.63, 3.8) is 0 Å². The maximum absolute atomic E-state index is 15.1. The second kappa shape index (κ2) is 6.95. The molecule has 0 aliphatic rings. The highest BCUT2D eigenvalue weighted by atomic mass is 19.1. The molecule has 128 valence electrons. The van der Waals surface area contributed by atoms with E-state index in [-0.39, 0.29) is 22.8 Å². The molecule has 2 heterocycles. The first kappa shape index (κ1) is 16.4. The Labute approximate surface area is 142 Å². The number of imidazole rings is 1. The molecule has 9 heteroatoms. The third-order valence-electron chi connectivity index (χ3n) is 3.41. The Kier molecular flexibility index (Phi) is 4.55. The van der Waals surface area contributed by atoms with E-state index >= 15 is 4.39 Å². The number of anilines is 2. The lowest BCUT2D eigenvalue weighted by Crippen LogP contribution is -2.27. The predicted octanol–water partition coefficient (Wildman–Crippen LogP) is 2.21. The molecule has 2 aromatic heterocycles. The van der Waals surface area contributed by atoms with Gasteiger partial charge in [-0.25, -0.2) is 23.9 Å². The lowest BCUT2D eigenvalue weighted by Gasteiger charge is -2.26. The van der Waals surface area contributed by atoms with Crippen LogP contribution < -0.4 is 9.75 Å². The number of methoxy groups -OCH3 is 2. The monoisotopic (exact) mass is 343 g/mol. The number of aromatic nitrogens is 4. The molecule has 3 aromatic rings. The van der Waals surface area contributed by atoms with Crippen molar-refractivity contribution in [1.29, 1.82) is 0 Å². The quantitative estimate of drug-likeness (QED) is 0.657. The SMILES string of the molecule is COC(=O)c1ccc(OC)c(F)c1N(c1cccnn1)n1ccnc1. The van der Waals surface area contributed by atoms with Gasteiger partial charge in [0.25, 0.3) is 0 Å². The van der Waals surface area contributed by atoms with E-state index in [9.17, 15) is 4.79 Å². The summed E-state index contributed by atoms with van der Waals surface area (Å²) in [5.74, 6) is -1.20. The number of ether oxygens (including phenoxy) is 2. The minimum absolute atomic E-state index is 0.000142. The van der Waals surface area contributed by atoms with Crippen LogP contribution >= 0.6 is 0 Å². The van der Waals surface area contributed by atoms with Crippen molar-refractivity contribution in [2.75, 3.05) is 19.2 Å². The number of nitrogens with zero attached hydrogens (tertiary/aromatic N) is 5. The summed E-state index contributed by atoms with van der Waals surface area (Å²) in [5, 5.41) is 9.17. The Bertz CT molecular complexity index is 871. The highest BCUT2D eigenvalue weighted by molar-refractivity contribution is 5.97. The molecule has 8 nitrogen and oxygen atoms in total. The Morgan fingerprint density at radius 1 is 1.24 bits per heavy atom. The Balaban J connectivity index is 2.30. The molecule has 0 unspecified atom stereocenters. The van der Waals surface area contributed by atoms with Gasteiger partial charge in [-0.05, 0) is 24.3 Å². The average molecular weight is 343 g/mol. The number of hydrogen-bond donors (Lipinski definition) is 0. The van der Waals surface area contributed by atoms with Crippen molar-refractivity contribution in [2.24, 2.45) is 0 Å². The van der Waals surface area contributed by atoms with Crippen LogP contribution in [0.25, 0.3) is 0 Å². The first-order valence-corrected chi connectivity index (χ1v) is 7.18. The lowest BCUT2D eigenvalue weighted by atomic mass is 10.1. The number of carbonyl (C=O) groups excluding carboxylic acids is 1. The molecule has 3 rings (SSSR count). The van der Waals surface area contributed by atoms with Crippen LogP contribution in [0, 0.1) is 5.82 Å². The Morgan fingerprint density at radius 3 is 2.68 bits per heavy atom. The number of benzene rings is 1. The topological polar surface area (TPSA) is 82.4 Å². The third kappa shape index (κ3) is 2.99. The van der Waals surface area contributed by atoms with Crippen LogP contribution in [0.4, 0.5) is 15.9 Å². The Hall–Kier alpha value is -3.49. The second-order valence-electron chi connectivity index (χ2n) is 4.81. The largest absolute Gasteiger partial charge is 0.494 e. The van der Waals surface area contributed by atoms with Gasteiger partial charge in [0.15, 0.2) is 17.4 Å². The van der Waals surface area contributed by atoms with E-state index < -0.39 is 11.8 Å². The van der Waals surface area contributed by atoms with Crippen LogP contribution in [0.2, 0.25) is 0 Å². The first-order chi connectivity index (χ1) is 12.2. The van der Waals surface area contributed by atoms with Crippen molar-refractivity contribution in [3.8, 4) is 5.75 Å². The number of hydrogen-bond acceptors (Lipinski definition) is 7. The fourth-order valence-electron chi connectivity index (χ4n) is 2.31. The smallest absolute Gasteiger partial charge is 0.340 e. The van der Waals surface area contributed by atoms with E-state index in [1.54, 1.807) is 18.3 Å². The van der Waals surface area contributed by atoms with Crippen LogP contribution in [0.5, 0.6) is 5.75 Å². The van der Waals surface area contributed by atoms with Gasteiger partial charge in [-0.1, -0.05) is 0 Å². The highest BCUT2D eigenvalue weighted by Crippen LogP contribution is 2.35. The first-order valence-electron chi connectivity index (χ1n) is 7.18. The van der Waals surface area contributed by atoms with Gasteiger partial charge in [0.1, 0.15) is 12.0 Å². The molecule has 0 saturated carbocycles. The van der Waals surface area contributed by atoms with Crippen molar-refractivity contribution in [2.45, 2.75) is 0 Å². The summed E-state index contributed by atoms with van der Waals surface area (Å²) in [4.78, 5) is 16.1. The molecule has 0 saturated heterocycles. The number of esters is 1. The van der Waals surface area contributed by atoms with Gasteiger partial charge in [0.05, 0.1) is 19.8 Å². The zero-order chi connectivity index (χ0) is 17.8. The van der Waals surface area contributed by atoms with E-state index in [1.165, 1.54) is 54.8 Å². The molecule has 0 bridgehead atoms. The maximum atomic E-state index is 15.1. The molecule has 0 amide bonds. The van der Waals surface area contributed by atoms with Crippen LogP contribution in [0.3, 0.4) is 0 Å². The van der Waals surface area contributed by atoms with Gasteiger partial charge in [0.2, 0.25) is 0 Å². The second-order valence-corrected chi connectivity index (χ2v) is 4.81. The van der Waals surface area contributed by atoms with Gasteiger partial charge in [-0.2, -0.15) is 5.10 Å². The highest BCUT2D eigenvalue weighted by Gasteiger charge is 2.27.